The van der Waals surface area contributed by atoms with Gasteiger partial charge in [-0.1, -0.05) is 42.5 Å². The van der Waals surface area contributed by atoms with Crippen LogP contribution in [0.5, 0.6) is 5.75 Å². The smallest absolute Gasteiger partial charge is 0.310 e. The number of ether oxygens (including phenoxy) is 2. The molecule has 0 atom stereocenters. The third kappa shape index (κ3) is 4.59. The van der Waals surface area contributed by atoms with Crippen LogP contribution in [0.15, 0.2) is 77.2 Å². The predicted molar refractivity (Wildman–Crippen MR) is 117 cm³/mol. The lowest BCUT2D eigenvalue weighted by atomic mass is 10.1. The zero-order valence-electron chi connectivity index (χ0n) is 17.1. The van der Waals surface area contributed by atoms with Gasteiger partial charge in [-0.2, -0.15) is 5.26 Å². The fourth-order valence-electron chi connectivity index (χ4n) is 3.45. The number of hydrogen-bond acceptors (Lipinski definition) is 5. The van der Waals surface area contributed by atoms with Crippen LogP contribution in [0.3, 0.4) is 0 Å². The van der Waals surface area contributed by atoms with Crippen LogP contribution >= 0.6 is 0 Å². The molecule has 0 spiro atoms. The van der Waals surface area contributed by atoms with Crippen molar-refractivity contribution in [1.82, 2.24) is 0 Å². The molecule has 0 saturated heterocycles. The van der Waals surface area contributed by atoms with Gasteiger partial charge >= 0.3 is 5.97 Å². The van der Waals surface area contributed by atoms with Gasteiger partial charge in [0.1, 0.15) is 23.7 Å². The molecule has 0 aliphatic rings. The molecule has 0 bridgehead atoms. The lowest BCUT2D eigenvalue weighted by Crippen LogP contribution is -2.09. The van der Waals surface area contributed by atoms with Crippen LogP contribution in [-0.4, -0.2) is 12.6 Å². The Morgan fingerprint density at radius 3 is 2.65 bits per heavy atom. The maximum Gasteiger partial charge on any atom is 0.310 e. The Kier molecular flexibility index (Phi) is 6.00. The molecule has 0 unspecified atom stereocenters. The minimum absolute atomic E-state index is 0.166. The number of fused-ring (bicyclic) bond motifs is 1. The molecule has 0 aliphatic carbocycles. The molecule has 5 heteroatoms. The van der Waals surface area contributed by atoms with Crippen molar-refractivity contribution in [1.29, 1.82) is 5.26 Å². The van der Waals surface area contributed by atoms with Crippen molar-refractivity contribution < 1.29 is 18.7 Å². The summed E-state index contributed by atoms with van der Waals surface area (Å²) in [4.78, 5) is 11.9. The average molecular weight is 411 g/mol. The van der Waals surface area contributed by atoms with Crippen LogP contribution in [0, 0.1) is 11.3 Å². The van der Waals surface area contributed by atoms with Crippen molar-refractivity contribution in [2.24, 2.45) is 0 Å². The van der Waals surface area contributed by atoms with E-state index in [1.54, 1.807) is 19.1 Å². The predicted octanol–water partition coefficient (Wildman–Crippen LogP) is 5.66. The van der Waals surface area contributed by atoms with E-state index in [-0.39, 0.29) is 12.4 Å². The molecule has 0 saturated carbocycles. The molecular formula is C26H21NO4. The Bertz CT molecular complexity index is 1270. The van der Waals surface area contributed by atoms with Crippen molar-refractivity contribution in [3.8, 4) is 23.1 Å². The highest BCUT2D eigenvalue weighted by atomic mass is 16.5. The molecule has 0 amide bonds. The topological polar surface area (TPSA) is 72.5 Å². The Labute approximate surface area is 180 Å². The number of para-hydroxylation sites is 1. The highest BCUT2D eigenvalue weighted by Crippen LogP contribution is 2.31. The second-order valence-corrected chi connectivity index (χ2v) is 7.01. The lowest BCUT2D eigenvalue weighted by molar-refractivity contribution is -0.142. The summed E-state index contributed by atoms with van der Waals surface area (Å²) < 4.78 is 17.1. The minimum Gasteiger partial charge on any atom is -0.489 e. The molecular weight excluding hydrogens is 390 g/mol. The van der Waals surface area contributed by atoms with E-state index in [0.29, 0.717) is 30.3 Å². The number of rotatable bonds is 7. The van der Waals surface area contributed by atoms with Crippen molar-refractivity contribution in [3.05, 3.63) is 89.5 Å². The van der Waals surface area contributed by atoms with Gasteiger partial charge in [0.15, 0.2) is 0 Å². The van der Waals surface area contributed by atoms with Gasteiger partial charge in [-0.3, -0.25) is 4.79 Å². The van der Waals surface area contributed by atoms with Crippen LogP contribution in [0.1, 0.15) is 23.6 Å². The van der Waals surface area contributed by atoms with Gasteiger partial charge in [-0.15, -0.1) is 0 Å². The lowest BCUT2D eigenvalue weighted by Gasteiger charge is -2.11. The van der Waals surface area contributed by atoms with Crippen molar-refractivity contribution in [2.75, 3.05) is 6.61 Å². The summed E-state index contributed by atoms with van der Waals surface area (Å²) >= 11 is 0. The van der Waals surface area contributed by atoms with Crippen LogP contribution < -0.4 is 4.74 Å². The van der Waals surface area contributed by atoms with Gasteiger partial charge in [-0.25, -0.2) is 0 Å². The molecule has 1 aromatic heterocycles. The number of carbonyl (C=O) groups is 1. The minimum atomic E-state index is -0.278. The number of benzene rings is 3. The first-order valence-electron chi connectivity index (χ1n) is 10.1. The summed E-state index contributed by atoms with van der Waals surface area (Å²) in [6.07, 6.45) is 0.166. The summed E-state index contributed by atoms with van der Waals surface area (Å²) in [5, 5.41) is 10.1. The molecule has 0 aliphatic heterocycles. The molecule has 3 aromatic carbocycles. The van der Waals surface area contributed by atoms with E-state index in [9.17, 15) is 4.79 Å². The van der Waals surface area contributed by atoms with Crippen molar-refractivity contribution in [3.63, 3.8) is 0 Å². The summed E-state index contributed by atoms with van der Waals surface area (Å²) in [6.45, 7) is 2.47. The summed E-state index contributed by atoms with van der Waals surface area (Å²) in [7, 11) is 0. The third-order valence-electron chi connectivity index (χ3n) is 4.92. The first kappa shape index (κ1) is 20.2. The third-order valence-corrected chi connectivity index (χ3v) is 4.92. The second-order valence-electron chi connectivity index (χ2n) is 7.01. The Morgan fingerprint density at radius 2 is 1.81 bits per heavy atom. The number of nitriles is 1. The molecule has 1 heterocycles. The van der Waals surface area contributed by atoms with Crippen LogP contribution in [0.4, 0.5) is 0 Å². The number of furan rings is 1. The number of carbonyl (C=O) groups excluding carboxylic acids is 1. The van der Waals surface area contributed by atoms with Gasteiger partial charge in [0, 0.05) is 22.1 Å². The van der Waals surface area contributed by atoms with E-state index in [1.807, 2.05) is 60.7 Å². The number of nitrogens with zero attached hydrogens (tertiary/aromatic N) is 1. The van der Waals surface area contributed by atoms with Gasteiger partial charge in [0.05, 0.1) is 24.7 Å². The zero-order chi connectivity index (χ0) is 21.6. The second kappa shape index (κ2) is 9.19. The maximum absolute atomic E-state index is 11.9. The Hall–Kier alpha value is -4.04. The average Bonchev–Trinajstić information content (AvgIpc) is 3.24. The normalized spacial score (nSPS) is 10.6. The Balaban J connectivity index is 1.58. The monoisotopic (exact) mass is 411 g/mol. The molecule has 0 radical (unpaired) electrons. The fraction of sp³-hybridized carbons (Fsp3) is 0.154. The molecule has 5 nitrogen and oxygen atoms in total. The van der Waals surface area contributed by atoms with Crippen LogP contribution in [0.2, 0.25) is 0 Å². The summed E-state index contributed by atoms with van der Waals surface area (Å²) in [5.41, 5.74) is 3.93. The summed E-state index contributed by atoms with van der Waals surface area (Å²) in [5.74, 6) is 1.07. The van der Waals surface area contributed by atoms with Gasteiger partial charge in [-0.05, 0) is 37.3 Å². The first-order valence-corrected chi connectivity index (χ1v) is 10.1. The quantitative estimate of drug-likeness (QED) is 0.367. The molecule has 0 N–H and O–H groups in total. The van der Waals surface area contributed by atoms with E-state index < -0.39 is 0 Å². The first-order chi connectivity index (χ1) is 15.2. The number of esters is 1. The highest BCUT2D eigenvalue weighted by Gasteiger charge is 2.13. The standard InChI is InChI=1S/C26H21NO4/c1-2-29-26(28)14-20-8-3-4-11-23(20)30-17-21-10-6-12-24-22(21)15-25(31-24)19-9-5-7-18(13-19)16-27/h3-13,15H,2,14,17H2,1H3. The van der Waals surface area contributed by atoms with E-state index in [4.69, 9.17) is 19.2 Å². The molecule has 4 aromatic rings. The largest absolute Gasteiger partial charge is 0.489 e. The van der Waals surface area contributed by atoms with Crippen molar-refractivity contribution in [2.45, 2.75) is 20.0 Å². The van der Waals surface area contributed by atoms with E-state index >= 15 is 0 Å². The Morgan fingerprint density at radius 1 is 1.00 bits per heavy atom. The SMILES string of the molecule is CCOC(=O)Cc1ccccc1OCc1cccc2oc(-c3cccc(C#N)c3)cc12. The van der Waals surface area contributed by atoms with Crippen LogP contribution in [-0.2, 0) is 22.6 Å². The summed E-state index contributed by atoms with van der Waals surface area (Å²) in [6, 6.07) is 24.7. The number of hydrogen-bond donors (Lipinski definition) is 0. The van der Waals surface area contributed by atoms with Gasteiger partial charge in [0.2, 0.25) is 0 Å². The van der Waals surface area contributed by atoms with Gasteiger partial charge in [0.25, 0.3) is 0 Å². The molecule has 154 valence electrons. The van der Waals surface area contributed by atoms with Gasteiger partial charge < -0.3 is 13.9 Å². The van der Waals surface area contributed by atoms with Crippen LogP contribution in [0.25, 0.3) is 22.3 Å². The highest BCUT2D eigenvalue weighted by molar-refractivity contribution is 5.86. The zero-order valence-corrected chi connectivity index (χ0v) is 17.1. The van der Waals surface area contributed by atoms with E-state index in [0.717, 1.165) is 27.7 Å². The molecule has 4 rings (SSSR count). The van der Waals surface area contributed by atoms with E-state index in [2.05, 4.69) is 6.07 Å². The van der Waals surface area contributed by atoms with E-state index in [1.165, 1.54) is 0 Å². The fourth-order valence-corrected chi connectivity index (χ4v) is 3.45. The molecule has 0 fully saturated rings. The molecule has 31 heavy (non-hydrogen) atoms. The van der Waals surface area contributed by atoms with Crippen molar-refractivity contribution >= 4 is 16.9 Å². The maximum atomic E-state index is 11.9.